The van der Waals surface area contributed by atoms with E-state index >= 15 is 0 Å². The Morgan fingerprint density at radius 1 is 1.26 bits per heavy atom. The lowest BCUT2D eigenvalue weighted by Gasteiger charge is -2.36. The third-order valence-electron chi connectivity index (χ3n) is 5.16. The van der Waals surface area contributed by atoms with Gasteiger partial charge in [0, 0.05) is 23.2 Å². The van der Waals surface area contributed by atoms with Crippen molar-refractivity contribution in [2.75, 3.05) is 22.6 Å². The number of aryl methyl sites for hydroxylation is 1. The molecule has 1 saturated carbocycles. The summed E-state index contributed by atoms with van der Waals surface area (Å²) in [7, 11) is 1.87. The number of halogens is 1. The highest BCUT2D eigenvalue weighted by Gasteiger charge is 2.33. The van der Waals surface area contributed by atoms with Crippen molar-refractivity contribution in [1.82, 2.24) is 9.97 Å². The second-order valence-electron chi connectivity index (χ2n) is 7.11. The molecule has 0 radical (unpaired) electrons. The van der Waals surface area contributed by atoms with Crippen molar-refractivity contribution < 1.29 is 9.18 Å². The van der Waals surface area contributed by atoms with Crippen molar-refractivity contribution in [3.8, 4) is 0 Å². The van der Waals surface area contributed by atoms with Crippen LogP contribution in [0.15, 0.2) is 29.2 Å². The summed E-state index contributed by atoms with van der Waals surface area (Å²) in [6, 6.07) is 6.69. The maximum Gasteiger partial charge on any atom is 0.246 e. The van der Waals surface area contributed by atoms with Crippen LogP contribution in [0.5, 0.6) is 0 Å². The number of benzene rings is 1. The zero-order chi connectivity index (χ0) is 19.1. The zero-order valence-electron chi connectivity index (χ0n) is 15.5. The monoisotopic (exact) mass is 387 g/mol. The topological polar surface area (TPSA) is 70.1 Å². The Balaban J connectivity index is 1.39. The highest BCUT2D eigenvalue weighted by atomic mass is 32.2. The van der Waals surface area contributed by atoms with Gasteiger partial charge in [-0.05, 0) is 51.0 Å². The third-order valence-corrected chi connectivity index (χ3v) is 6.42. The van der Waals surface area contributed by atoms with Gasteiger partial charge in [-0.15, -0.1) is 11.8 Å². The Morgan fingerprint density at radius 3 is 2.67 bits per heavy atom. The molecule has 0 saturated heterocycles. The first-order valence-corrected chi connectivity index (χ1v) is 9.90. The molecule has 1 amide bonds. The molecule has 1 aliphatic carbocycles. The predicted molar refractivity (Wildman–Crippen MR) is 106 cm³/mol. The molecule has 2 N–H and O–H groups in total. The smallest absolute Gasteiger partial charge is 0.246 e. The molecule has 0 bridgehead atoms. The normalized spacial score (nSPS) is 24.1. The summed E-state index contributed by atoms with van der Waals surface area (Å²) in [4.78, 5) is 24.1. The number of nitrogens with one attached hydrogen (secondary N) is 2. The molecule has 0 unspecified atom stereocenters. The van der Waals surface area contributed by atoms with Gasteiger partial charge >= 0.3 is 0 Å². The van der Waals surface area contributed by atoms with Crippen LogP contribution in [-0.2, 0) is 4.79 Å². The Labute approximate surface area is 162 Å². The first-order chi connectivity index (χ1) is 12.9. The maximum absolute atomic E-state index is 13.0. The quantitative estimate of drug-likeness (QED) is 0.838. The molecule has 2 aromatic rings. The Morgan fingerprint density at radius 2 is 1.96 bits per heavy atom. The van der Waals surface area contributed by atoms with Gasteiger partial charge in [-0.25, -0.2) is 9.37 Å². The van der Waals surface area contributed by atoms with Crippen LogP contribution in [0.1, 0.15) is 25.5 Å². The number of carbonyl (C=O) groups is 1. The van der Waals surface area contributed by atoms with Crippen LogP contribution in [0.4, 0.5) is 21.8 Å². The number of thioether (sulfide) groups is 1. The zero-order valence-corrected chi connectivity index (χ0v) is 16.3. The molecule has 27 heavy (non-hydrogen) atoms. The molecular weight excluding hydrogens is 365 g/mol. The molecule has 1 aliphatic heterocycles. The average Bonchev–Trinajstić information content (AvgIpc) is 2.61. The summed E-state index contributed by atoms with van der Waals surface area (Å²) in [5, 5.41) is 6.81. The van der Waals surface area contributed by atoms with Gasteiger partial charge in [0.2, 0.25) is 11.9 Å². The van der Waals surface area contributed by atoms with Gasteiger partial charge in [0.15, 0.2) is 5.82 Å². The summed E-state index contributed by atoms with van der Waals surface area (Å²) in [5.74, 6) is 1.09. The van der Waals surface area contributed by atoms with Gasteiger partial charge < -0.3 is 15.5 Å². The van der Waals surface area contributed by atoms with Gasteiger partial charge in [0.25, 0.3) is 0 Å². The number of aromatic nitrogens is 2. The largest absolute Gasteiger partial charge is 0.351 e. The van der Waals surface area contributed by atoms with E-state index in [1.807, 2.05) is 37.9 Å². The highest BCUT2D eigenvalue weighted by Crippen LogP contribution is 2.38. The Bertz CT molecular complexity index is 869. The summed E-state index contributed by atoms with van der Waals surface area (Å²) in [5.41, 5.74) is 1.44. The van der Waals surface area contributed by atoms with Crippen LogP contribution in [-0.4, -0.2) is 40.3 Å². The number of hydrogen-bond donors (Lipinski definition) is 2. The van der Waals surface area contributed by atoms with E-state index in [-0.39, 0.29) is 17.8 Å². The minimum absolute atomic E-state index is 0.0444. The molecule has 142 valence electrons. The van der Waals surface area contributed by atoms with Gasteiger partial charge in [-0.1, -0.05) is 0 Å². The molecule has 2 aliphatic rings. The fourth-order valence-electron chi connectivity index (χ4n) is 3.28. The fraction of sp³-hybridized carbons (Fsp3) is 0.421. The molecule has 4 rings (SSSR count). The van der Waals surface area contributed by atoms with Crippen LogP contribution in [0.2, 0.25) is 0 Å². The number of nitrogens with zero attached hydrogens (tertiary/aromatic N) is 3. The van der Waals surface area contributed by atoms with E-state index in [0.29, 0.717) is 22.9 Å². The third kappa shape index (κ3) is 3.58. The molecule has 2 heterocycles. The summed E-state index contributed by atoms with van der Waals surface area (Å²) >= 11 is 1.78. The van der Waals surface area contributed by atoms with E-state index in [9.17, 15) is 9.18 Å². The number of anilines is 3. The molecule has 0 spiro atoms. The van der Waals surface area contributed by atoms with Gasteiger partial charge in [0.1, 0.15) is 17.5 Å². The summed E-state index contributed by atoms with van der Waals surface area (Å²) in [6.07, 6.45) is 2.01. The lowest BCUT2D eigenvalue weighted by molar-refractivity contribution is -0.117. The first kappa shape index (κ1) is 18.0. The number of carbonyl (C=O) groups excluding carboxylic acids is 1. The fourth-order valence-corrected chi connectivity index (χ4v) is 4.61. The molecule has 1 aromatic heterocycles. The minimum atomic E-state index is -0.264. The van der Waals surface area contributed by atoms with Crippen molar-refractivity contribution >= 4 is 35.1 Å². The number of rotatable bonds is 4. The van der Waals surface area contributed by atoms with Crippen molar-refractivity contribution in [3.63, 3.8) is 0 Å². The average molecular weight is 387 g/mol. The summed E-state index contributed by atoms with van der Waals surface area (Å²) < 4.78 is 13.0. The van der Waals surface area contributed by atoms with Crippen LogP contribution < -0.4 is 15.5 Å². The second kappa shape index (κ2) is 6.99. The molecule has 1 fully saturated rings. The van der Waals surface area contributed by atoms with E-state index in [4.69, 9.17) is 0 Å². The molecule has 6 nitrogen and oxygen atoms in total. The molecular formula is C19H22FN5OS. The highest BCUT2D eigenvalue weighted by molar-refractivity contribution is 8.00. The van der Waals surface area contributed by atoms with Crippen LogP contribution in [0.3, 0.4) is 0 Å². The van der Waals surface area contributed by atoms with Crippen molar-refractivity contribution in [1.29, 1.82) is 0 Å². The maximum atomic E-state index is 13.0. The number of likely N-dealkylation sites (N-methyl/N-ethyl adjacent to an activating group) is 1. The van der Waals surface area contributed by atoms with E-state index in [1.165, 1.54) is 12.1 Å². The van der Waals surface area contributed by atoms with Crippen molar-refractivity contribution in [2.45, 2.75) is 48.9 Å². The van der Waals surface area contributed by atoms with E-state index in [1.54, 1.807) is 11.8 Å². The summed E-state index contributed by atoms with van der Waals surface area (Å²) in [6.45, 7) is 3.73. The van der Waals surface area contributed by atoms with Crippen LogP contribution in [0.25, 0.3) is 0 Å². The second-order valence-corrected chi connectivity index (χ2v) is 8.49. The molecule has 1 atom stereocenters. The number of amides is 1. The van der Waals surface area contributed by atoms with E-state index in [0.717, 1.165) is 29.2 Å². The molecule has 8 heteroatoms. The minimum Gasteiger partial charge on any atom is -0.351 e. The lowest BCUT2D eigenvalue weighted by Crippen LogP contribution is -2.45. The predicted octanol–water partition coefficient (Wildman–Crippen LogP) is 3.44. The van der Waals surface area contributed by atoms with Gasteiger partial charge in [0.05, 0.1) is 5.69 Å². The number of hydrogen-bond acceptors (Lipinski definition) is 6. The Kier molecular flexibility index (Phi) is 4.67. The van der Waals surface area contributed by atoms with Crippen LogP contribution in [0, 0.1) is 12.7 Å². The Hall–Kier alpha value is -2.35. The number of fused-ring (bicyclic) bond motifs is 1. The van der Waals surface area contributed by atoms with Crippen molar-refractivity contribution in [2.24, 2.45) is 0 Å². The lowest BCUT2D eigenvalue weighted by atomic mass is 9.92. The molecule has 1 aromatic carbocycles. The van der Waals surface area contributed by atoms with E-state index < -0.39 is 0 Å². The van der Waals surface area contributed by atoms with Crippen molar-refractivity contribution in [3.05, 3.63) is 35.8 Å². The first-order valence-electron chi connectivity index (χ1n) is 9.02. The van der Waals surface area contributed by atoms with Gasteiger partial charge in [-0.2, -0.15) is 4.98 Å². The standard InChI is InChI=1S/C19H22FN5OS/c1-10-16-17(25(3)11(2)18(26)23-16)24-19(21-10)22-13-8-15(9-13)27-14-6-4-12(20)5-7-14/h4-7,11,13,15H,8-9H2,1-3H3,(H,23,26)(H,21,22,24)/t11-,13-,15-/m0/s1. The van der Waals surface area contributed by atoms with Crippen LogP contribution >= 0.6 is 11.8 Å². The van der Waals surface area contributed by atoms with Gasteiger partial charge in [-0.3, -0.25) is 4.79 Å². The van der Waals surface area contributed by atoms with E-state index in [2.05, 4.69) is 20.6 Å². The SMILES string of the molecule is Cc1nc(N[C@H]2C[C@H](Sc3ccc(F)cc3)C2)nc2c1NC(=O)[C@H](C)N2C.